The first-order valence-corrected chi connectivity index (χ1v) is 5.13. The Labute approximate surface area is 91.4 Å². The minimum atomic E-state index is -0.0883. The van der Waals surface area contributed by atoms with Crippen molar-refractivity contribution in [2.24, 2.45) is 11.5 Å². The molecule has 0 heterocycles. The second-order valence-electron chi connectivity index (χ2n) is 3.90. The molecule has 0 aliphatic rings. The van der Waals surface area contributed by atoms with Gasteiger partial charge in [-0.1, -0.05) is 0 Å². The normalized spacial score (nSPS) is 12.7. The fraction of sp³-hybridized carbons (Fsp3) is 0.500. The summed E-state index contributed by atoms with van der Waals surface area (Å²) in [5, 5.41) is 0. The van der Waals surface area contributed by atoms with Crippen LogP contribution >= 0.6 is 0 Å². The van der Waals surface area contributed by atoms with E-state index in [4.69, 9.17) is 16.2 Å². The molecule has 0 saturated carbocycles. The van der Waals surface area contributed by atoms with Gasteiger partial charge < -0.3 is 16.2 Å². The van der Waals surface area contributed by atoms with Crippen LogP contribution in [-0.4, -0.2) is 13.7 Å². The fourth-order valence-electron chi connectivity index (χ4n) is 1.97. The van der Waals surface area contributed by atoms with Gasteiger partial charge in [0, 0.05) is 12.6 Å². The number of benzene rings is 1. The first-order valence-electron chi connectivity index (χ1n) is 5.13. The van der Waals surface area contributed by atoms with E-state index in [2.05, 4.69) is 6.92 Å². The van der Waals surface area contributed by atoms with E-state index < -0.39 is 0 Å². The van der Waals surface area contributed by atoms with Gasteiger partial charge in [0.05, 0.1) is 7.11 Å². The van der Waals surface area contributed by atoms with Gasteiger partial charge in [-0.05, 0) is 49.1 Å². The summed E-state index contributed by atoms with van der Waals surface area (Å²) in [6, 6.07) is 1.93. The summed E-state index contributed by atoms with van der Waals surface area (Å²) >= 11 is 0. The molecule has 0 radical (unpaired) electrons. The van der Waals surface area contributed by atoms with Crippen molar-refractivity contribution >= 4 is 0 Å². The minimum Gasteiger partial charge on any atom is -0.496 e. The number of methoxy groups -OCH3 is 1. The lowest BCUT2D eigenvalue weighted by Gasteiger charge is -2.19. The molecule has 0 aromatic heterocycles. The van der Waals surface area contributed by atoms with Crippen molar-refractivity contribution in [2.45, 2.75) is 26.8 Å². The average molecular weight is 208 g/mol. The van der Waals surface area contributed by atoms with Gasteiger partial charge in [-0.3, -0.25) is 0 Å². The van der Waals surface area contributed by atoms with Gasteiger partial charge >= 0.3 is 0 Å². The Bertz CT molecular complexity index is 361. The Morgan fingerprint density at radius 1 is 1.27 bits per heavy atom. The topological polar surface area (TPSA) is 61.3 Å². The Morgan fingerprint density at radius 3 is 2.33 bits per heavy atom. The molecule has 0 bridgehead atoms. The van der Waals surface area contributed by atoms with E-state index in [0.717, 1.165) is 22.4 Å². The van der Waals surface area contributed by atoms with Crippen LogP contribution in [0.3, 0.4) is 0 Å². The maximum Gasteiger partial charge on any atom is 0.122 e. The largest absolute Gasteiger partial charge is 0.496 e. The van der Waals surface area contributed by atoms with E-state index in [-0.39, 0.29) is 6.04 Å². The lowest BCUT2D eigenvalue weighted by Crippen LogP contribution is -2.23. The SMILES string of the molecule is COc1cc(C)c([C@H](N)CN)c(C)c1C. The van der Waals surface area contributed by atoms with E-state index in [9.17, 15) is 0 Å². The smallest absolute Gasteiger partial charge is 0.122 e. The van der Waals surface area contributed by atoms with Crippen molar-refractivity contribution in [3.63, 3.8) is 0 Å². The highest BCUT2D eigenvalue weighted by molar-refractivity contribution is 5.49. The second kappa shape index (κ2) is 4.64. The summed E-state index contributed by atoms with van der Waals surface area (Å²) in [4.78, 5) is 0. The molecule has 84 valence electrons. The quantitative estimate of drug-likeness (QED) is 0.792. The molecule has 1 aromatic rings. The van der Waals surface area contributed by atoms with Crippen LogP contribution in [0.2, 0.25) is 0 Å². The molecule has 0 aliphatic carbocycles. The third kappa shape index (κ3) is 2.13. The molecule has 15 heavy (non-hydrogen) atoms. The van der Waals surface area contributed by atoms with Gasteiger partial charge in [0.1, 0.15) is 5.75 Å². The summed E-state index contributed by atoms with van der Waals surface area (Å²) in [6.07, 6.45) is 0. The Morgan fingerprint density at radius 2 is 1.87 bits per heavy atom. The molecular weight excluding hydrogens is 188 g/mol. The molecule has 0 fully saturated rings. The van der Waals surface area contributed by atoms with Crippen molar-refractivity contribution in [1.82, 2.24) is 0 Å². The summed E-state index contributed by atoms with van der Waals surface area (Å²) in [5.74, 6) is 0.915. The van der Waals surface area contributed by atoms with Gasteiger partial charge in [0.15, 0.2) is 0 Å². The Kier molecular flexibility index (Phi) is 3.72. The number of ether oxygens (including phenoxy) is 1. The summed E-state index contributed by atoms with van der Waals surface area (Å²) in [6.45, 7) is 6.61. The van der Waals surface area contributed by atoms with Crippen LogP contribution < -0.4 is 16.2 Å². The van der Waals surface area contributed by atoms with Gasteiger partial charge in [-0.2, -0.15) is 0 Å². The summed E-state index contributed by atoms with van der Waals surface area (Å²) < 4.78 is 5.30. The molecule has 4 N–H and O–H groups in total. The van der Waals surface area contributed by atoms with E-state index in [0.29, 0.717) is 6.54 Å². The molecule has 0 spiro atoms. The number of hydrogen-bond donors (Lipinski definition) is 2. The van der Waals surface area contributed by atoms with Crippen LogP contribution in [0.5, 0.6) is 5.75 Å². The fourth-order valence-corrected chi connectivity index (χ4v) is 1.97. The van der Waals surface area contributed by atoms with E-state index in [1.54, 1.807) is 7.11 Å². The minimum absolute atomic E-state index is 0.0883. The highest BCUT2D eigenvalue weighted by Crippen LogP contribution is 2.30. The third-order valence-corrected chi connectivity index (χ3v) is 2.95. The molecule has 1 atom stereocenters. The highest BCUT2D eigenvalue weighted by Gasteiger charge is 2.14. The molecule has 3 heteroatoms. The predicted molar refractivity (Wildman–Crippen MR) is 63.2 cm³/mol. The van der Waals surface area contributed by atoms with Gasteiger partial charge in [0.2, 0.25) is 0 Å². The van der Waals surface area contributed by atoms with E-state index in [1.807, 2.05) is 19.9 Å². The zero-order valence-electron chi connectivity index (χ0n) is 9.92. The second-order valence-corrected chi connectivity index (χ2v) is 3.90. The highest BCUT2D eigenvalue weighted by atomic mass is 16.5. The molecular formula is C12H20N2O. The Hall–Kier alpha value is -1.06. The molecule has 0 aliphatic heterocycles. The van der Waals surface area contributed by atoms with Crippen LogP contribution in [0.15, 0.2) is 6.07 Å². The molecule has 3 nitrogen and oxygen atoms in total. The maximum atomic E-state index is 5.99. The number of hydrogen-bond acceptors (Lipinski definition) is 3. The first-order chi connectivity index (χ1) is 7.02. The first kappa shape index (κ1) is 12.0. The van der Waals surface area contributed by atoms with Crippen LogP contribution in [0.1, 0.15) is 28.3 Å². The van der Waals surface area contributed by atoms with Crippen LogP contribution in [0.25, 0.3) is 0 Å². The van der Waals surface area contributed by atoms with Gasteiger partial charge in [0.25, 0.3) is 0 Å². The molecule has 1 aromatic carbocycles. The lowest BCUT2D eigenvalue weighted by molar-refractivity contribution is 0.410. The van der Waals surface area contributed by atoms with E-state index >= 15 is 0 Å². The number of nitrogens with two attached hydrogens (primary N) is 2. The number of aryl methyl sites for hydroxylation is 1. The zero-order valence-corrected chi connectivity index (χ0v) is 9.92. The van der Waals surface area contributed by atoms with Gasteiger partial charge in [-0.15, -0.1) is 0 Å². The lowest BCUT2D eigenvalue weighted by atomic mass is 9.92. The average Bonchev–Trinajstić information content (AvgIpc) is 2.23. The molecule has 1 rings (SSSR count). The molecule has 0 saturated heterocycles. The molecule has 0 amide bonds. The van der Waals surface area contributed by atoms with Crippen molar-refractivity contribution in [1.29, 1.82) is 0 Å². The standard InChI is InChI=1S/C12H20N2O/c1-7-5-11(15-4)8(2)9(3)12(7)10(14)6-13/h5,10H,6,13-14H2,1-4H3/t10-/m1/s1. The number of rotatable bonds is 3. The van der Waals surface area contributed by atoms with Crippen molar-refractivity contribution in [2.75, 3.05) is 13.7 Å². The van der Waals surface area contributed by atoms with Crippen LogP contribution in [-0.2, 0) is 0 Å². The van der Waals surface area contributed by atoms with Crippen molar-refractivity contribution in [3.05, 3.63) is 28.3 Å². The monoisotopic (exact) mass is 208 g/mol. The zero-order chi connectivity index (χ0) is 11.6. The van der Waals surface area contributed by atoms with Crippen LogP contribution in [0.4, 0.5) is 0 Å². The summed E-state index contributed by atoms with van der Waals surface area (Å²) in [5.41, 5.74) is 16.2. The van der Waals surface area contributed by atoms with Crippen LogP contribution in [0, 0.1) is 20.8 Å². The van der Waals surface area contributed by atoms with E-state index in [1.165, 1.54) is 5.56 Å². The predicted octanol–water partition coefficient (Wildman–Crippen LogP) is 1.58. The molecule has 0 unspecified atom stereocenters. The van der Waals surface area contributed by atoms with Gasteiger partial charge in [-0.25, -0.2) is 0 Å². The summed E-state index contributed by atoms with van der Waals surface area (Å²) in [7, 11) is 1.68. The maximum absolute atomic E-state index is 5.99. The van der Waals surface area contributed by atoms with Crippen molar-refractivity contribution in [3.8, 4) is 5.75 Å². The van der Waals surface area contributed by atoms with Crippen molar-refractivity contribution < 1.29 is 4.74 Å². The Balaban J connectivity index is 3.35. The third-order valence-electron chi connectivity index (χ3n) is 2.95.